The summed E-state index contributed by atoms with van der Waals surface area (Å²) in [6.45, 7) is 3.85. The van der Waals surface area contributed by atoms with Gasteiger partial charge in [-0.15, -0.1) is 0 Å². The molecule has 0 aliphatic heterocycles. The molecule has 4 aromatic rings. The summed E-state index contributed by atoms with van der Waals surface area (Å²) < 4.78 is 22.2. The summed E-state index contributed by atoms with van der Waals surface area (Å²) in [5, 5.41) is 5.86. The molecule has 0 aliphatic carbocycles. The molecule has 0 atom stereocenters. The van der Waals surface area contributed by atoms with Gasteiger partial charge in [-0.2, -0.15) is 0 Å². The van der Waals surface area contributed by atoms with E-state index >= 15 is 0 Å². The molecule has 0 saturated carbocycles. The fourth-order valence-electron chi connectivity index (χ4n) is 3.42. The topological polar surface area (TPSA) is 94.9 Å². The van der Waals surface area contributed by atoms with Gasteiger partial charge in [0.15, 0.2) is 22.2 Å². The lowest BCUT2D eigenvalue weighted by atomic mass is 10.2. The first kappa shape index (κ1) is 24.0. The Balaban J connectivity index is 1.46. The van der Waals surface area contributed by atoms with E-state index in [-0.39, 0.29) is 17.1 Å². The van der Waals surface area contributed by atoms with Crippen LogP contribution in [0.4, 0.5) is 5.69 Å². The predicted molar refractivity (Wildman–Crippen MR) is 138 cm³/mol. The van der Waals surface area contributed by atoms with E-state index < -0.39 is 0 Å². The van der Waals surface area contributed by atoms with Crippen LogP contribution in [0.3, 0.4) is 0 Å². The summed E-state index contributed by atoms with van der Waals surface area (Å²) in [6.07, 6.45) is 0.00904. The number of nitrogens with zero attached hydrogens (tertiary/aromatic N) is 1. The minimum atomic E-state index is -0.338. The van der Waals surface area contributed by atoms with Crippen LogP contribution in [0.5, 0.6) is 17.2 Å². The third-order valence-electron chi connectivity index (χ3n) is 4.97. The molecule has 1 aromatic heterocycles. The fraction of sp³-hybridized carbons (Fsp3) is 0.192. The van der Waals surface area contributed by atoms with Crippen molar-refractivity contribution in [2.45, 2.75) is 20.0 Å². The van der Waals surface area contributed by atoms with Crippen LogP contribution in [0.25, 0.3) is 22.6 Å². The van der Waals surface area contributed by atoms with Gasteiger partial charge in [-0.3, -0.25) is 10.1 Å². The number of hydrogen-bond donors (Lipinski definition) is 2. The molecule has 35 heavy (non-hydrogen) atoms. The van der Waals surface area contributed by atoms with E-state index in [0.717, 1.165) is 5.56 Å². The molecule has 4 rings (SSSR count). The quantitative estimate of drug-likeness (QED) is 0.331. The van der Waals surface area contributed by atoms with Crippen molar-refractivity contribution in [3.05, 3.63) is 66.2 Å². The smallest absolute Gasteiger partial charge is 0.257 e. The van der Waals surface area contributed by atoms with Crippen molar-refractivity contribution in [3.8, 4) is 28.7 Å². The maximum absolute atomic E-state index is 12.6. The number of ether oxygens (including phenoxy) is 3. The van der Waals surface area contributed by atoms with Crippen molar-refractivity contribution in [1.29, 1.82) is 0 Å². The second-order valence-corrected chi connectivity index (χ2v) is 8.28. The molecule has 3 aromatic carbocycles. The Bertz CT molecular complexity index is 1380. The zero-order valence-electron chi connectivity index (χ0n) is 19.7. The van der Waals surface area contributed by atoms with Crippen molar-refractivity contribution in [2.24, 2.45) is 0 Å². The van der Waals surface area contributed by atoms with E-state index in [4.69, 9.17) is 30.8 Å². The first-order valence-corrected chi connectivity index (χ1v) is 11.3. The molecule has 0 spiro atoms. The number of oxazole rings is 1. The molecule has 0 fully saturated rings. The van der Waals surface area contributed by atoms with Gasteiger partial charge in [-0.05, 0) is 80.7 Å². The Morgan fingerprint density at radius 3 is 2.54 bits per heavy atom. The van der Waals surface area contributed by atoms with Gasteiger partial charge in [0.05, 0.1) is 20.3 Å². The van der Waals surface area contributed by atoms with E-state index in [9.17, 15) is 4.79 Å². The first-order chi connectivity index (χ1) is 16.9. The van der Waals surface area contributed by atoms with E-state index in [2.05, 4.69) is 15.6 Å². The van der Waals surface area contributed by atoms with Crippen molar-refractivity contribution in [2.75, 3.05) is 19.5 Å². The Labute approximate surface area is 208 Å². The summed E-state index contributed by atoms with van der Waals surface area (Å²) >= 11 is 5.33. The third kappa shape index (κ3) is 5.70. The van der Waals surface area contributed by atoms with Crippen LogP contribution < -0.4 is 24.8 Å². The minimum Gasteiger partial charge on any atom is -0.493 e. The molecule has 2 N–H and O–H groups in total. The highest BCUT2D eigenvalue weighted by Gasteiger charge is 2.14. The van der Waals surface area contributed by atoms with Crippen LogP contribution in [-0.2, 0) is 0 Å². The standard InChI is InChI=1S/C26H25N3O5S/c1-15(2)33-19-7-5-6-16(12-19)24(30)29-26(35)27-18-9-11-21-20(14-18)28-25(34-21)17-8-10-22(31-3)23(13-17)32-4/h5-15H,1-4H3,(H2,27,29,30,35). The van der Waals surface area contributed by atoms with Crippen molar-refractivity contribution < 1.29 is 23.4 Å². The SMILES string of the molecule is COc1ccc(-c2nc3cc(NC(=S)NC(=O)c4cccc(OC(C)C)c4)ccc3o2)cc1OC. The number of methoxy groups -OCH3 is 2. The van der Waals surface area contributed by atoms with Crippen molar-refractivity contribution >= 4 is 40.0 Å². The lowest BCUT2D eigenvalue weighted by molar-refractivity contribution is 0.0977. The number of amides is 1. The highest BCUT2D eigenvalue weighted by molar-refractivity contribution is 7.80. The number of nitrogens with one attached hydrogen (secondary N) is 2. The second-order valence-electron chi connectivity index (χ2n) is 7.87. The average molecular weight is 492 g/mol. The number of carbonyl (C=O) groups is 1. The number of benzene rings is 3. The molecule has 0 unspecified atom stereocenters. The Kier molecular flexibility index (Phi) is 7.17. The summed E-state index contributed by atoms with van der Waals surface area (Å²) in [5.74, 6) is 1.92. The first-order valence-electron chi connectivity index (χ1n) is 10.9. The zero-order chi connectivity index (χ0) is 24.9. The molecule has 8 nitrogen and oxygen atoms in total. The fourth-order valence-corrected chi connectivity index (χ4v) is 3.63. The molecule has 9 heteroatoms. The number of thiocarbonyl (C=S) groups is 1. The van der Waals surface area contributed by atoms with E-state index in [1.807, 2.05) is 19.9 Å². The number of anilines is 1. The van der Waals surface area contributed by atoms with Crippen LogP contribution in [0.1, 0.15) is 24.2 Å². The largest absolute Gasteiger partial charge is 0.493 e. The highest BCUT2D eigenvalue weighted by Crippen LogP contribution is 2.33. The van der Waals surface area contributed by atoms with Gasteiger partial charge in [-0.25, -0.2) is 4.98 Å². The minimum absolute atomic E-state index is 0.00904. The molecule has 0 saturated heterocycles. The molecule has 0 bridgehead atoms. The van der Waals surface area contributed by atoms with Crippen LogP contribution in [0, 0.1) is 0 Å². The summed E-state index contributed by atoms with van der Waals surface area (Å²) in [5.41, 5.74) is 3.09. The maximum Gasteiger partial charge on any atom is 0.257 e. The third-order valence-corrected chi connectivity index (χ3v) is 5.18. The Hall–Kier alpha value is -4.11. The monoisotopic (exact) mass is 491 g/mol. The van der Waals surface area contributed by atoms with Crippen molar-refractivity contribution in [1.82, 2.24) is 10.3 Å². The normalized spacial score (nSPS) is 10.8. The van der Waals surface area contributed by atoms with Gasteiger partial charge < -0.3 is 23.9 Å². The average Bonchev–Trinajstić information content (AvgIpc) is 3.26. The lowest BCUT2D eigenvalue weighted by Gasteiger charge is -2.12. The van der Waals surface area contributed by atoms with E-state index in [1.54, 1.807) is 68.8 Å². The number of hydrogen-bond acceptors (Lipinski definition) is 7. The van der Waals surface area contributed by atoms with Gasteiger partial charge >= 0.3 is 0 Å². The van der Waals surface area contributed by atoms with Gasteiger partial charge in [0.1, 0.15) is 11.3 Å². The van der Waals surface area contributed by atoms with Crippen LogP contribution in [0.2, 0.25) is 0 Å². The van der Waals surface area contributed by atoms with Gasteiger partial charge in [0.2, 0.25) is 5.89 Å². The van der Waals surface area contributed by atoms with Crippen LogP contribution in [0.15, 0.2) is 65.1 Å². The van der Waals surface area contributed by atoms with E-state index in [1.165, 1.54) is 0 Å². The highest BCUT2D eigenvalue weighted by atomic mass is 32.1. The zero-order valence-corrected chi connectivity index (χ0v) is 20.6. The van der Waals surface area contributed by atoms with Crippen LogP contribution in [-0.4, -0.2) is 36.3 Å². The molecular formula is C26H25N3O5S. The van der Waals surface area contributed by atoms with Crippen molar-refractivity contribution in [3.63, 3.8) is 0 Å². The molecule has 1 heterocycles. The number of aromatic nitrogens is 1. The number of rotatable bonds is 7. The Morgan fingerprint density at radius 1 is 1.00 bits per heavy atom. The molecule has 0 aliphatic rings. The summed E-state index contributed by atoms with van der Waals surface area (Å²) in [4.78, 5) is 17.2. The molecule has 1 amide bonds. The van der Waals surface area contributed by atoms with E-state index in [0.29, 0.717) is 45.5 Å². The molecule has 0 radical (unpaired) electrons. The molecule has 180 valence electrons. The Morgan fingerprint density at radius 2 is 1.80 bits per heavy atom. The summed E-state index contributed by atoms with van der Waals surface area (Å²) in [6, 6.07) is 17.7. The van der Waals surface area contributed by atoms with Gasteiger partial charge in [0, 0.05) is 16.8 Å². The second kappa shape index (κ2) is 10.4. The van der Waals surface area contributed by atoms with Crippen LogP contribution >= 0.6 is 12.2 Å². The molecular weight excluding hydrogens is 466 g/mol. The van der Waals surface area contributed by atoms with Gasteiger partial charge in [-0.1, -0.05) is 6.07 Å². The summed E-state index contributed by atoms with van der Waals surface area (Å²) in [7, 11) is 3.15. The van der Waals surface area contributed by atoms with Gasteiger partial charge in [0.25, 0.3) is 5.91 Å². The number of carbonyl (C=O) groups excluding carboxylic acids is 1. The number of fused-ring (bicyclic) bond motifs is 1. The lowest BCUT2D eigenvalue weighted by Crippen LogP contribution is -2.34. The maximum atomic E-state index is 12.6. The predicted octanol–water partition coefficient (Wildman–Crippen LogP) is 5.43.